The monoisotopic (exact) mass is 343 g/mol. The molecule has 0 bridgehead atoms. The summed E-state index contributed by atoms with van der Waals surface area (Å²) in [6, 6.07) is 4.39. The smallest absolute Gasteiger partial charge is 0.255 e. The number of piperidine rings is 1. The molecule has 1 fully saturated rings. The average molecular weight is 343 g/mol. The van der Waals surface area contributed by atoms with Crippen molar-refractivity contribution in [3.63, 3.8) is 0 Å². The van der Waals surface area contributed by atoms with Crippen molar-refractivity contribution in [1.29, 1.82) is 0 Å². The summed E-state index contributed by atoms with van der Waals surface area (Å²) >= 11 is 0. The summed E-state index contributed by atoms with van der Waals surface area (Å²) in [7, 11) is 1.75. The fraction of sp³-hybridized carbons (Fsp3) is 0.444. The molecule has 0 saturated carbocycles. The molecule has 7 heteroatoms. The first-order valence-corrected chi connectivity index (χ1v) is 8.45. The van der Waals surface area contributed by atoms with Crippen LogP contribution in [-0.4, -0.2) is 53.1 Å². The number of nitrogens with one attached hydrogen (secondary N) is 1. The highest BCUT2D eigenvalue weighted by Crippen LogP contribution is 2.28. The van der Waals surface area contributed by atoms with E-state index in [-0.39, 0.29) is 30.7 Å². The van der Waals surface area contributed by atoms with E-state index in [2.05, 4.69) is 5.32 Å². The van der Waals surface area contributed by atoms with E-state index in [1.165, 1.54) is 4.90 Å². The van der Waals surface area contributed by atoms with Crippen molar-refractivity contribution in [1.82, 2.24) is 15.1 Å². The first-order chi connectivity index (χ1) is 11.9. The number of rotatable bonds is 4. The van der Waals surface area contributed by atoms with E-state index in [1.807, 2.05) is 6.92 Å². The number of benzene rings is 1. The number of carbonyl (C=O) groups excluding carboxylic acids is 4. The summed E-state index contributed by atoms with van der Waals surface area (Å²) in [5.41, 5.74) is 1.79. The Morgan fingerprint density at radius 1 is 1.32 bits per heavy atom. The second-order valence-corrected chi connectivity index (χ2v) is 6.50. The zero-order chi connectivity index (χ0) is 18.1. The molecule has 0 spiro atoms. The van der Waals surface area contributed by atoms with Gasteiger partial charge in [0.05, 0.1) is 0 Å². The van der Waals surface area contributed by atoms with E-state index in [1.54, 1.807) is 30.1 Å². The lowest BCUT2D eigenvalue weighted by atomic mass is 10.0. The highest BCUT2D eigenvalue weighted by molar-refractivity contribution is 6.06. The molecule has 1 aromatic carbocycles. The summed E-state index contributed by atoms with van der Waals surface area (Å²) in [6.07, 6.45) is 1.42. The molecule has 3 rings (SSSR count). The maximum atomic E-state index is 12.6. The molecule has 1 saturated heterocycles. The standard InChI is InChI=1S/C18H21N3O4/c1-3-8-20(2)17(24)11-4-5-13-12(9-11)10-21(18(13)25)14-6-7-15(22)19-16(14)23/h4-5,9,14H,3,6-8,10H2,1-2H3,(H,19,22,23). The summed E-state index contributed by atoms with van der Waals surface area (Å²) in [6.45, 7) is 2.94. The lowest BCUT2D eigenvalue weighted by molar-refractivity contribution is -0.136. The molecule has 2 heterocycles. The van der Waals surface area contributed by atoms with Crippen molar-refractivity contribution in [2.24, 2.45) is 0 Å². The third-order valence-corrected chi connectivity index (χ3v) is 4.68. The fourth-order valence-corrected chi connectivity index (χ4v) is 3.36. The van der Waals surface area contributed by atoms with Gasteiger partial charge >= 0.3 is 0 Å². The van der Waals surface area contributed by atoms with Gasteiger partial charge < -0.3 is 9.80 Å². The fourth-order valence-electron chi connectivity index (χ4n) is 3.36. The van der Waals surface area contributed by atoms with Crippen LogP contribution in [0, 0.1) is 0 Å². The first kappa shape index (κ1) is 17.1. The third-order valence-electron chi connectivity index (χ3n) is 4.68. The number of hydrogen-bond donors (Lipinski definition) is 1. The van der Waals surface area contributed by atoms with Crippen molar-refractivity contribution in [3.05, 3.63) is 34.9 Å². The molecule has 1 atom stereocenters. The van der Waals surface area contributed by atoms with E-state index in [0.29, 0.717) is 24.1 Å². The number of imide groups is 1. The minimum absolute atomic E-state index is 0.0865. The topological polar surface area (TPSA) is 86.8 Å². The minimum atomic E-state index is -0.639. The quantitative estimate of drug-likeness (QED) is 0.824. The lowest BCUT2D eigenvalue weighted by Crippen LogP contribution is -2.52. The molecular weight excluding hydrogens is 322 g/mol. The summed E-state index contributed by atoms with van der Waals surface area (Å²) in [5, 5.41) is 2.28. The van der Waals surface area contributed by atoms with Crippen LogP contribution in [0.3, 0.4) is 0 Å². The first-order valence-electron chi connectivity index (χ1n) is 8.45. The van der Waals surface area contributed by atoms with Crippen molar-refractivity contribution in [2.75, 3.05) is 13.6 Å². The number of hydrogen-bond acceptors (Lipinski definition) is 4. The second kappa shape index (κ2) is 6.66. The van der Waals surface area contributed by atoms with Crippen LogP contribution in [0.15, 0.2) is 18.2 Å². The second-order valence-electron chi connectivity index (χ2n) is 6.50. The van der Waals surface area contributed by atoms with E-state index in [9.17, 15) is 19.2 Å². The Morgan fingerprint density at radius 3 is 2.76 bits per heavy atom. The average Bonchev–Trinajstić information content (AvgIpc) is 2.90. The van der Waals surface area contributed by atoms with Crippen molar-refractivity contribution in [3.8, 4) is 0 Å². The van der Waals surface area contributed by atoms with Gasteiger partial charge in [-0.2, -0.15) is 0 Å². The molecule has 1 aromatic rings. The normalized spacial score (nSPS) is 19.7. The van der Waals surface area contributed by atoms with Crippen LogP contribution in [0.4, 0.5) is 0 Å². The summed E-state index contributed by atoms with van der Waals surface area (Å²) in [5.74, 6) is -1.06. The molecular formula is C18H21N3O4. The SMILES string of the molecule is CCCN(C)C(=O)c1ccc2c(c1)CN(C1CCC(=O)NC1=O)C2=O. The molecule has 2 aliphatic heterocycles. The van der Waals surface area contributed by atoms with E-state index < -0.39 is 11.9 Å². The molecule has 1 N–H and O–H groups in total. The van der Waals surface area contributed by atoms with Gasteiger partial charge in [0.1, 0.15) is 6.04 Å². The zero-order valence-corrected chi connectivity index (χ0v) is 14.4. The Kier molecular flexibility index (Phi) is 4.57. The maximum absolute atomic E-state index is 12.6. The Bertz CT molecular complexity index is 759. The number of amides is 4. The van der Waals surface area contributed by atoms with Crippen molar-refractivity contribution >= 4 is 23.6 Å². The van der Waals surface area contributed by atoms with Crippen LogP contribution in [0.1, 0.15) is 52.5 Å². The van der Waals surface area contributed by atoms with Crippen LogP contribution in [0.5, 0.6) is 0 Å². The Labute approximate surface area is 146 Å². The number of carbonyl (C=O) groups is 4. The number of nitrogens with zero attached hydrogens (tertiary/aromatic N) is 2. The van der Waals surface area contributed by atoms with Crippen molar-refractivity contribution in [2.45, 2.75) is 38.8 Å². The minimum Gasteiger partial charge on any atom is -0.342 e. The van der Waals surface area contributed by atoms with E-state index >= 15 is 0 Å². The van der Waals surface area contributed by atoms with E-state index in [4.69, 9.17) is 0 Å². The Balaban J connectivity index is 1.81. The van der Waals surface area contributed by atoms with Crippen LogP contribution < -0.4 is 5.32 Å². The number of fused-ring (bicyclic) bond motifs is 1. The molecule has 132 valence electrons. The van der Waals surface area contributed by atoms with Crippen LogP contribution in [0.2, 0.25) is 0 Å². The van der Waals surface area contributed by atoms with Gasteiger partial charge in [-0.05, 0) is 36.6 Å². The predicted octanol–water partition coefficient (Wildman–Crippen LogP) is 0.930. The highest BCUT2D eigenvalue weighted by atomic mass is 16.2. The maximum Gasteiger partial charge on any atom is 0.255 e. The summed E-state index contributed by atoms with van der Waals surface area (Å²) in [4.78, 5) is 51.5. The molecule has 2 aliphatic rings. The third kappa shape index (κ3) is 3.14. The van der Waals surface area contributed by atoms with Gasteiger partial charge in [0.2, 0.25) is 11.8 Å². The Morgan fingerprint density at radius 2 is 2.08 bits per heavy atom. The van der Waals surface area contributed by atoms with Crippen molar-refractivity contribution < 1.29 is 19.2 Å². The highest BCUT2D eigenvalue weighted by Gasteiger charge is 2.39. The molecule has 0 aliphatic carbocycles. The molecule has 0 radical (unpaired) electrons. The largest absolute Gasteiger partial charge is 0.342 e. The molecule has 1 unspecified atom stereocenters. The van der Waals surface area contributed by atoms with Gasteiger partial charge in [-0.1, -0.05) is 6.92 Å². The van der Waals surface area contributed by atoms with Gasteiger partial charge in [0.25, 0.3) is 11.8 Å². The van der Waals surface area contributed by atoms with Gasteiger partial charge in [0.15, 0.2) is 0 Å². The molecule has 25 heavy (non-hydrogen) atoms. The molecule has 4 amide bonds. The molecule has 7 nitrogen and oxygen atoms in total. The molecule has 0 aromatic heterocycles. The van der Waals surface area contributed by atoms with Gasteiger partial charge in [0, 0.05) is 37.7 Å². The van der Waals surface area contributed by atoms with Crippen LogP contribution >= 0.6 is 0 Å². The lowest BCUT2D eigenvalue weighted by Gasteiger charge is -2.29. The Hall–Kier alpha value is -2.70. The van der Waals surface area contributed by atoms with Gasteiger partial charge in [-0.25, -0.2) is 0 Å². The zero-order valence-electron chi connectivity index (χ0n) is 14.4. The summed E-state index contributed by atoms with van der Waals surface area (Å²) < 4.78 is 0. The van der Waals surface area contributed by atoms with Crippen LogP contribution in [-0.2, 0) is 16.1 Å². The van der Waals surface area contributed by atoms with E-state index in [0.717, 1.165) is 12.0 Å². The van der Waals surface area contributed by atoms with Crippen LogP contribution in [0.25, 0.3) is 0 Å². The predicted molar refractivity (Wildman–Crippen MR) is 89.7 cm³/mol. The van der Waals surface area contributed by atoms with Gasteiger partial charge in [-0.3, -0.25) is 24.5 Å². The van der Waals surface area contributed by atoms with Gasteiger partial charge in [-0.15, -0.1) is 0 Å².